The zero-order chi connectivity index (χ0) is 13.1. The molecule has 0 aliphatic carbocycles. The number of nitrogen functional groups attached to an aromatic ring is 1. The first-order valence-electron chi connectivity index (χ1n) is 5.12. The van der Waals surface area contributed by atoms with Crippen LogP contribution in [0.4, 0.5) is 25.8 Å². The average molecular weight is 245 g/mol. The lowest BCUT2D eigenvalue weighted by Crippen LogP contribution is -1.99. The lowest BCUT2D eigenvalue weighted by Gasteiger charge is -2.09. The minimum Gasteiger partial charge on any atom is -0.399 e. The number of nitrogens with one attached hydrogen (secondary N) is 1. The van der Waals surface area contributed by atoms with Crippen molar-refractivity contribution in [3.05, 3.63) is 53.6 Å². The largest absolute Gasteiger partial charge is 0.399 e. The molecule has 0 saturated heterocycles. The number of nitrogens with two attached hydrogens (primary N) is 1. The highest BCUT2D eigenvalue weighted by Crippen LogP contribution is 2.25. The highest BCUT2D eigenvalue weighted by molar-refractivity contribution is 5.68. The first kappa shape index (κ1) is 11.9. The van der Waals surface area contributed by atoms with Gasteiger partial charge in [0.15, 0.2) is 0 Å². The van der Waals surface area contributed by atoms with Crippen molar-refractivity contribution in [1.82, 2.24) is 0 Å². The standard InChI is InChI=1S/C13H9F2N3/c14-10-2-1-3-12(9(10)7-16)18-13-5-4-8(17)6-11(13)15/h1-6,18H,17H2. The summed E-state index contributed by atoms with van der Waals surface area (Å²) in [6.45, 7) is 0. The van der Waals surface area contributed by atoms with E-state index in [0.717, 1.165) is 6.07 Å². The molecule has 0 saturated carbocycles. The van der Waals surface area contributed by atoms with Crippen molar-refractivity contribution in [2.45, 2.75) is 0 Å². The maximum Gasteiger partial charge on any atom is 0.148 e. The summed E-state index contributed by atoms with van der Waals surface area (Å²) >= 11 is 0. The number of hydrogen-bond donors (Lipinski definition) is 2. The molecule has 2 aromatic rings. The molecule has 0 atom stereocenters. The fourth-order valence-corrected chi connectivity index (χ4v) is 1.52. The molecule has 0 aliphatic heterocycles. The Hall–Kier alpha value is -2.61. The van der Waals surface area contributed by atoms with Gasteiger partial charge < -0.3 is 11.1 Å². The van der Waals surface area contributed by atoms with Crippen molar-refractivity contribution in [3.63, 3.8) is 0 Å². The van der Waals surface area contributed by atoms with Crippen molar-refractivity contribution < 1.29 is 8.78 Å². The normalized spacial score (nSPS) is 9.83. The van der Waals surface area contributed by atoms with Crippen LogP contribution in [-0.4, -0.2) is 0 Å². The summed E-state index contributed by atoms with van der Waals surface area (Å²) in [6, 6.07) is 9.92. The highest BCUT2D eigenvalue weighted by atomic mass is 19.1. The van der Waals surface area contributed by atoms with Crippen LogP contribution in [-0.2, 0) is 0 Å². The second-order valence-electron chi connectivity index (χ2n) is 3.64. The lowest BCUT2D eigenvalue weighted by molar-refractivity contribution is 0.623. The maximum atomic E-state index is 13.6. The van der Waals surface area contributed by atoms with Crippen molar-refractivity contribution in [2.75, 3.05) is 11.1 Å². The fraction of sp³-hybridized carbons (Fsp3) is 0. The first-order valence-corrected chi connectivity index (χ1v) is 5.12. The minimum absolute atomic E-state index is 0.131. The first-order chi connectivity index (χ1) is 8.61. The van der Waals surface area contributed by atoms with Crippen LogP contribution >= 0.6 is 0 Å². The molecule has 3 N–H and O–H groups in total. The van der Waals surface area contributed by atoms with Gasteiger partial charge in [0, 0.05) is 5.69 Å². The van der Waals surface area contributed by atoms with Crippen LogP contribution in [0.2, 0.25) is 0 Å². The molecule has 0 amide bonds. The van der Waals surface area contributed by atoms with Gasteiger partial charge in [0.1, 0.15) is 23.3 Å². The summed E-state index contributed by atoms with van der Waals surface area (Å²) in [5, 5.41) is 11.5. The van der Waals surface area contributed by atoms with Gasteiger partial charge in [-0.05, 0) is 30.3 Å². The van der Waals surface area contributed by atoms with Gasteiger partial charge in [0.25, 0.3) is 0 Å². The van der Waals surface area contributed by atoms with E-state index in [1.807, 2.05) is 0 Å². The molecule has 5 heteroatoms. The van der Waals surface area contributed by atoms with E-state index < -0.39 is 11.6 Å². The second kappa shape index (κ2) is 4.72. The predicted octanol–water partition coefficient (Wildman–Crippen LogP) is 3.16. The Morgan fingerprint density at radius 3 is 2.50 bits per heavy atom. The molecule has 0 bridgehead atoms. The quantitative estimate of drug-likeness (QED) is 0.799. The van der Waals surface area contributed by atoms with Gasteiger partial charge >= 0.3 is 0 Å². The number of nitriles is 1. The zero-order valence-electron chi connectivity index (χ0n) is 9.24. The Kier molecular flexibility index (Phi) is 3.11. The zero-order valence-corrected chi connectivity index (χ0v) is 9.24. The van der Waals surface area contributed by atoms with E-state index in [4.69, 9.17) is 11.0 Å². The molecule has 0 aromatic heterocycles. The van der Waals surface area contributed by atoms with E-state index in [1.54, 1.807) is 6.07 Å². The number of halogens is 2. The van der Waals surface area contributed by atoms with Crippen molar-refractivity contribution >= 4 is 17.1 Å². The van der Waals surface area contributed by atoms with Crippen molar-refractivity contribution in [1.29, 1.82) is 5.26 Å². The molecule has 90 valence electrons. The van der Waals surface area contributed by atoms with Crippen LogP contribution in [0.1, 0.15) is 5.56 Å². The Balaban J connectivity index is 2.41. The molecule has 0 aliphatic rings. The van der Waals surface area contributed by atoms with E-state index in [0.29, 0.717) is 0 Å². The van der Waals surface area contributed by atoms with Gasteiger partial charge in [0.2, 0.25) is 0 Å². The minimum atomic E-state index is -0.654. The predicted molar refractivity (Wildman–Crippen MR) is 65.2 cm³/mol. The summed E-state index contributed by atoms with van der Waals surface area (Å²) in [7, 11) is 0. The Bertz CT molecular complexity index is 633. The molecular formula is C13H9F2N3. The molecule has 18 heavy (non-hydrogen) atoms. The number of rotatable bonds is 2. The summed E-state index contributed by atoms with van der Waals surface area (Å²) < 4.78 is 26.9. The van der Waals surface area contributed by atoms with Gasteiger partial charge in [-0.15, -0.1) is 0 Å². The Morgan fingerprint density at radius 1 is 1.06 bits per heavy atom. The van der Waals surface area contributed by atoms with Crippen LogP contribution in [0.25, 0.3) is 0 Å². The smallest absolute Gasteiger partial charge is 0.148 e. The average Bonchev–Trinajstić information content (AvgIpc) is 2.33. The molecule has 0 heterocycles. The molecule has 2 rings (SSSR count). The van der Waals surface area contributed by atoms with Crippen molar-refractivity contribution in [3.8, 4) is 6.07 Å². The number of nitrogens with zero attached hydrogens (tertiary/aromatic N) is 1. The monoisotopic (exact) mass is 245 g/mol. The molecule has 0 spiro atoms. The molecule has 0 radical (unpaired) electrons. The number of benzene rings is 2. The summed E-state index contributed by atoms with van der Waals surface area (Å²) in [5.74, 6) is -1.22. The molecular weight excluding hydrogens is 236 g/mol. The Labute approximate surface area is 102 Å². The van der Waals surface area contributed by atoms with E-state index in [1.165, 1.54) is 30.3 Å². The van der Waals surface area contributed by atoms with Crippen LogP contribution in [0.3, 0.4) is 0 Å². The molecule has 3 nitrogen and oxygen atoms in total. The van der Waals surface area contributed by atoms with Crippen molar-refractivity contribution in [2.24, 2.45) is 0 Å². The number of anilines is 3. The number of hydrogen-bond acceptors (Lipinski definition) is 3. The van der Waals surface area contributed by atoms with E-state index in [9.17, 15) is 8.78 Å². The SMILES string of the molecule is N#Cc1c(F)cccc1Nc1ccc(N)cc1F. The lowest BCUT2D eigenvalue weighted by atomic mass is 10.1. The van der Waals surface area contributed by atoms with E-state index in [-0.39, 0.29) is 22.6 Å². The topological polar surface area (TPSA) is 61.8 Å². The van der Waals surface area contributed by atoms with Crippen LogP contribution in [0, 0.1) is 23.0 Å². The third kappa shape index (κ3) is 2.23. The van der Waals surface area contributed by atoms with Crippen LogP contribution < -0.4 is 11.1 Å². The summed E-state index contributed by atoms with van der Waals surface area (Å²) in [5.41, 5.74) is 5.89. The van der Waals surface area contributed by atoms with E-state index in [2.05, 4.69) is 5.32 Å². The summed E-state index contributed by atoms with van der Waals surface area (Å²) in [6.07, 6.45) is 0. The third-order valence-corrected chi connectivity index (χ3v) is 2.39. The maximum absolute atomic E-state index is 13.6. The van der Waals surface area contributed by atoms with E-state index >= 15 is 0 Å². The molecule has 0 unspecified atom stereocenters. The van der Waals surface area contributed by atoms with Gasteiger partial charge in [0.05, 0.1) is 11.4 Å². The summed E-state index contributed by atoms with van der Waals surface area (Å²) in [4.78, 5) is 0. The fourth-order valence-electron chi connectivity index (χ4n) is 1.52. The highest BCUT2D eigenvalue weighted by Gasteiger charge is 2.09. The van der Waals surface area contributed by atoms with Gasteiger partial charge in [-0.3, -0.25) is 0 Å². The van der Waals surface area contributed by atoms with Gasteiger partial charge in [-0.1, -0.05) is 6.07 Å². The molecule has 2 aromatic carbocycles. The second-order valence-corrected chi connectivity index (χ2v) is 3.64. The van der Waals surface area contributed by atoms with Gasteiger partial charge in [-0.25, -0.2) is 8.78 Å². The van der Waals surface area contributed by atoms with Gasteiger partial charge in [-0.2, -0.15) is 5.26 Å². The molecule has 0 fully saturated rings. The Morgan fingerprint density at radius 2 is 1.83 bits per heavy atom. The third-order valence-electron chi connectivity index (χ3n) is 2.39. The van der Waals surface area contributed by atoms with Crippen LogP contribution in [0.15, 0.2) is 36.4 Å². The van der Waals surface area contributed by atoms with Crippen LogP contribution in [0.5, 0.6) is 0 Å².